The maximum absolute atomic E-state index is 12.0. The first-order valence-electron chi connectivity index (χ1n) is 9.36. The molecular weight excluding hydrogens is 368 g/mol. The molecule has 4 aromatic heterocycles. The van der Waals surface area contributed by atoms with E-state index in [2.05, 4.69) is 15.3 Å². The van der Waals surface area contributed by atoms with Gasteiger partial charge in [0.05, 0.1) is 29.4 Å². The first kappa shape index (κ1) is 17.4. The Morgan fingerprint density at radius 2 is 2.03 bits per heavy atom. The van der Waals surface area contributed by atoms with E-state index >= 15 is 0 Å². The Morgan fingerprint density at radius 3 is 2.72 bits per heavy atom. The van der Waals surface area contributed by atoms with Gasteiger partial charge in [0.15, 0.2) is 0 Å². The molecule has 4 aromatic rings. The number of pyridine rings is 3. The summed E-state index contributed by atoms with van der Waals surface area (Å²) >= 11 is 0. The van der Waals surface area contributed by atoms with Crippen molar-refractivity contribution in [1.29, 1.82) is 0 Å². The van der Waals surface area contributed by atoms with Crippen molar-refractivity contribution in [2.75, 3.05) is 19.5 Å². The van der Waals surface area contributed by atoms with Gasteiger partial charge in [0.2, 0.25) is 5.91 Å². The summed E-state index contributed by atoms with van der Waals surface area (Å²) in [6.07, 6.45) is 6.87. The molecule has 1 aliphatic carbocycles. The van der Waals surface area contributed by atoms with Crippen LogP contribution >= 0.6 is 0 Å². The van der Waals surface area contributed by atoms with E-state index in [0.29, 0.717) is 5.69 Å². The van der Waals surface area contributed by atoms with Crippen LogP contribution in [-0.4, -0.2) is 39.6 Å². The largest absolute Gasteiger partial charge is 0.497 e. The zero-order chi connectivity index (χ0) is 20.2. The maximum Gasteiger partial charge on any atom is 0.229 e. The summed E-state index contributed by atoms with van der Waals surface area (Å²) in [5.41, 5.74) is 8.27. The van der Waals surface area contributed by atoms with Crippen molar-refractivity contribution in [2.24, 2.45) is 5.73 Å². The Labute approximate surface area is 166 Å². The molecule has 5 rings (SSSR count). The minimum atomic E-state index is -0.652. The molecule has 0 bridgehead atoms. The van der Waals surface area contributed by atoms with Crippen LogP contribution in [0.1, 0.15) is 18.5 Å². The highest BCUT2D eigenvalue weighted by Crippen LogP contribution is 2.48. The van der Waals surface area contributed by atoms with Crippen molar-refractivity contribution in [3.8, 4) is 17.0 Å². The highest BCUT2D eigenvalue weighted by atomic mass is 16.5. The third-order valence-electron chi connectivity index (χ3n) is 5.67. The van der Waals surface area contributed by atoms with Crippen LogP contribution in [0, 0.1) is 0 Å². The lowest BCUT2D eigenvalue weighted by Crippen LogP contribution is -2.29. The molecule has 0 unspecified atom stereocenters. The molecule has 0 radical (unpaired) electrons. The van der Waals surface area contributed by atoms with Gasteiger partial charge in [0.25, 0.3) is 0 Å². The molecule has 4 heterocycles. The number of carbonyl (C=O) groups is 1. The predicted molar refractivity (Wildman–Crippen MR) is 110 cm³/mol. The van der Waals surface area contributed by atoms with Crippen LogP contribution in [-0.2, 0) is 10.2 Å². The van der Waals surface area contributed by atoms with Crippen molar-refractivity contribution in [2.45, 2.75) is 18.3 Å². The first-order chi connectivity index (χ1) is 14.1. The van der Waals surface area contributed by atoms with Crippen molar-refractivity contribution in [1.82, 2.24) is 19.6 Å². The van der Waals surface area contributed by atoms with Gasteiger partial charge in [-0.25, -0.2) is 9.50 Å². The van der Waals surface area contributed by atoms with Gasteiger partial charge in [0, 0.05) is 42.7 Å². The van der Waals surface area contributed by atoms with Crippen LogP contribution in [0.5, 0.6) is 5.75 Å². The van der Waals surface area contributed by atoms with E-state index in [1.54, 1.807) is 24.0 Å². The molecule has 8 nitrogen and oxygen atoms in total. The van der Waals surface area contributed by atoms with Crippen LogP contribution in [0.3, 0.4) is 0 Å². The second-order valence-electron chi connectivity index (χ2n) is 7.30. The van der Waals surface area contributed by atoms with Crippen LogP contribution in [0.4, 0.5) is 5.82 Å². The molecule has 0 atom stereocenters. The number of fused-ring (bicyclic) bond motifs is 2. The van der Waals surface area contributed by atoms with E-state index in [9.17, 15) is 4.79 Å². The van der Waals surface area contributed by atoms with Gasteiger partial charge in [-0.2, -0.15) is 5.10 Å². The van der Waals surface area contributed by atoms with Gasteiger partial charge in [-0.05, 0) is 36.4 Å². The zero-order valence-electron chi connectivity index (χ0n) is 16.1. The van der Waals surface area contributed by atoms with Gasteiger partial charge in [-0.1, -0.05) is 0 Å². The fraction of sp³-hybridized carbons (Fsp3) is 0.238. The van der Waals surface area contributed by atoms with Crippen LogP contribution in [0.2, 0.25) is 0 Å². The van der Waals surface area contributed by atoms with Gasteiger partial charge in [-0.15, -0.1) is 0 Å². The number of nitrogens with two attached hydrogens (primary N) is 1. The Balaban J connectivity index is 1.74. The number of hydrogen-bond acceptors (Lipinski definition) is 6. The number of nitrogens with zero attached hydrogens (tertiary/aromatic N) is 4. The Hall–Kier alpha value is -3.68. The molecule has 146 valence electrons. The fourth-order valence-electron chi connectivity index (χ4n) is 3.79. The van der Waals surface area contributed by atoms with E-state index in [1.807, 2.05) is 37.5 Å². The number of ether oxygens (including phenoxy) is 1. The Bertz CT molecular complexity index is 1280. The highest BCUT2D eigenvalue weighted by molar-refractivity contribution is 6.02. The number of anilines is 1. The monoisotopic (exact) mass is 388 g/mol. The number of nitrogens with one attached hydrogen (secondary N) is 1. The second-order valence-corrected chi connectivity index (χ2v) is 7.30. The number of hydrogen-bond donors (Lipinski definition) is 2. The summed E-state index contributed by atoms with van der Waals surface area (Å²) in [4.78, 5) is 21.1. The number of aromatic nitrogens is 4. The van der Waals surface area contributed by atoms with E-state index in [4.69, 9.17) is 15.6 Å². The SMILES string of the molecule is CNc1ncc(-c2cc3cc(OC)ccn3n2)c2cc(C3(C(N)=O)CC3)ncc12. The molecule has 1 saturated carbocycles. The zero-order valence-corrected chi connectivity index (χ0v) is 16.1. The molecule has 29 heavy (non-hydrogen) atoms. The number of amides is 1. The summed E-state index contributed by atoms with van der Waals surface area (Å²) in [5.74, 6) is 1.16. The molecular formula is C21H20N6O2. The smallest absolute Gasteiger partial charge is 0.229 e. The van der Waals surface area contributed by atoms with Crippen molar-refractivity contribution in [3.63, 3.8) is 0 Å². The van der Waals surface area contributed by atoms with Crippen LogP contribution < -0.4 is 15.8 Å². The third kappa shape index (κ3) is 2.60. The quantitative estimate of drug-likeness (QED) is 0.544. The van der Waals surface area contributed by atoms with Gasteiger partial charge >= 0.3 is 0 Å². The minimum Gasteiger partial charge on any atom is -0.497 e. The summed E-state index contributed by atoms with van der Waals surface area (Å²) in [6, 6.07) is 7.72. The Morgan fingerprint density at radius 1 is 1.21 bits per heavy atom. The van der Waals surface area contributed by atoms with Crippen molar-refractivity contribution in [3.05, 3.63) is 48.5 Å². The minimum absolute atomic E-state index is 0.325. The molecule has 3 N–H and O–H groups in total. The summed E-state index contributed by atoms with van der Waals surface area (Å²) < 4.78 is 7.10. The molecule has 0 aromatic carbocycles. The number of methoxy groups -OCH3 is 1. The lowest BCUT2D eigenvalue weighted by molar-refractivity contribution is -0.120. The van der Waals surface area contributed by atoms with Crippen LogP contribution in [0.25, 0.3) is 27.5 Å². The van der Waals surface area contributed by atoms with Gasteiger partial charge in [-0.3, -0.25) is 9.78 Å². The summed E-state index contributed by atoms with van der Waals surface area (Å²) in [6.45, 7) is 0. The van der Waals surface area contributed by atoms with E-state index in [1.165, 1.54) is 0 Å². The normalized spacial score (nSPS) is 14.8. The Kier molecular flexibility index (Phi) is 3.70. The lowest BCUT2D eigenvalue weighted by Gasteiger charge is -2.14. The predicted octanol–water partition coefficient (Wildman–Crippen LogP) is 2.51. The number of primary amides is 1. The highest BCUT2D eigenvalue weighted by Gasteiger charge is 2.51. The molecule has 8 heteroatoms. The van der Waals surface area contributed by atoms with E-state index in [-0.39, 0.29) is 5.91 Å². The summed E-state index contributed by atoms with van der Waals surface area (Å²) in [7, 11) is 3.45. The third-order valence-corrected chi connectivity index (χ3v) is 5.67. The number of rotatable bonds is 5. The topological polar surface area (TPSA) is 107 Å². The first-order valence-corrected chi connectivity index (χ1v) is 9.36. The molecule has 0 aliphatic heterocycles. The van der Waals surface area contributed by atoms with Crippen molar-refractivity contribution >= 4 is 28.0 Å². The lowest BCUT2D eigenvalue weighted by atomic mass is 9.97. The molecule has 1 aliphatic rings. The molecule has 1 amide bonds. The second kappa shape index (κ2) is 6.16. The molecule has 0 spiro atoms. The average Bonchev–Trinajstić information content (AvgIpc) is 3.46. The average molecular weight is 388 g/mol. The van der Waals surface area contributed by atoms with E-state index in [0.717, 1.165) is 52.0 Å². The van der Waals surface area contributed by atoms with Crippen LogP contribution in [0.15, 0.2) is 42.9 Å². The fourth-order valence-corrected chi connectivity index (χ4v) is 3.79. The van der Waals surface area contributed by atoms with Crippen molar-refractivity contribution < 1.29 is 9.53 Å². The summed E-state index contributed by atoms with van der Waals surface area (Å²) in [5, 5.41) is 9.59. The standard InChI is InChI=1S/C21H20N6O2/c1-23-19-16-11-24-18(21(4-5-21)20(22)28)9-14(16)15(10-25-19)17-8-12-7-13(29-2)3-6-27(12)26-17/h3,6-11H,4-5H2,1-2H3,(H2,22,28)(H,23,25). The maximum atomic E-state index is 12.0. The molecule has 1 fully saturated rings. The van der Waals surface area contributed by atoms with E-state index < -0.39 is 5.41 Å². The van der Waals surface area contributed by atoms with Gasteiger partial charge in [0.1, 0.15) is 11.6 Å². The van der Waals surface area contributed by atoms with Gasteiger partial charge < -0.3 is 15.8 Å². The molecule has 0 saturated heterocycles. The number of carbonyl (C=O) groups excluding carboxylic acids is 1.